The van der Waals surface area contributed by atoms with Crippen molar-refractivity contribution in [2.75, 3.05) is 0 Å². The number of hydrogen-bond acceptors (Lipinski definition) is 2. The van der Waals surface area contributed by atoms with E-state index in [0.29, 0.717) is 11.3 Å². The van der Waals surface area contributed by atoms with Crippen LogP contribution in [0.15, 0.2) is 54.6 Å². The number of carbonyl (C=O) groups is 1. The average molecular weight is 222 g/mol. The lowest BCUT2D eigenvalue weighted by Gasteiger charge is -1.98. The lowest BCUT2D eigenvalue weighted by Crippen LogP contribution is -1.92. The van der Waals surface area contributed by atoms with Crippen molar-refractivity contribution in [2.24, 2.45) is 0 Å². The molecule has 0 aliphatic carbocycles. The van der Waals surface area contributed by atoms with E-state index in [0.717, 1.165) is 11.1 Å². The van der Waals surface area contributed by atoms with Gasteiger partial charge in [-0.2, -0.15) is 0 Å². The van der Waals surface area contributed by atoms with Crippen LogP contribution in [0.3, 0.4) is 0 Å². The molecule has 1 aliphatic rings. The van der Waals surface area contributed by atoms with Gasteiger partial charge < -0.3 is 4.74 Å². The molecule has 0 atom stereocenters. The fraction of sp³-hybridized carbons (Fsp3) is 0. The number of rotatable bonds is 1. The second kappa shape index (κ2) is 3.91. The Labute approximate surface area is 99.2 Å². The first-order chi connectivity index (χ1) is 8.34. The van der Waals surface area contributed by atoms with Gasteiger partial charge in [0.05, 0.1) is 5.56 Å². The second-order valence-electron chi connectivity index (χ2n) is 3.85. The molecule has 0 amide bonds. The Morgan fingerprint density at radius 2 is 1.47 bits per heavy atom. The molecular formula is C15H10O2. The Morgan fingerprint density at radius 1 is 0.824 bits per heavy atom. The molecule has 2 aromatic carbocycles. The molecule has 3 rings (SSSR count). The Morgan fingerprint density at radius 3 is 2.24 bits per heavy atom. The highest BCUT2D eigenvalue weighted by Gasteiger charge is 2.25. The SMILES string of the molecule is O=C1OC(=Cc2ccccc2)c2ccccc21. The summed E-state index contributed by atoms with van der Waals surface area (Å²) in [7, 11) is 0. The molecule has 0 bridgehead atoms. The van der Waals surface area contributed by atoms with E-state index in [9.17, 15) is 4.79 Å². The molecule has 2 nitrogen and oxygen atoms in total. The molecule has 0 saturated carbocycles. The van der Waals surface area contributed by atoms with Gasteiger partial charge in [-0.15, -0.1) is 0 Å². The summed E-state index contributed by atoms with van der Waals surface area (Å²) in [5.41, 5.74) is 2.52. The topological polar surface area (TPSA) is 26.3 Å². The van der Waals surface area contributed by atoms with Gasteiger partial charge in [-0.25, -0.2) is 4.79 Å². The highest BCUT2D eigenvalue weighted by atomic mass is 16.5. The molecule has 1 heterocycles. The third-order valence-electron chi connectivity index (χ3n) is 2.71. The van der Waals surface area contributed by atoms with Gasteiger partial charge in [-0.1, -0.05) is 48.5 Å². The van der Waals surface area contributed by atoms with Crippen molar-refractivity contribution in [1.82, 2.24) is 0 Å². The molecule has 17 heavy (non-hydrogen) atoms. The van der Waals surface area contributed by atoms with E-state index < -0.39 is 0 Å². The molecular weight excluding hydrogens is 212 g/mol. The third kappa shape index (κ3) is 1.74. The van der Waals surface area contributed by atoms with Crippen molar-refractivity contribution in [1.29, 1.82) is 0 Å². The van der Waals surface area contributed by atoms with Crippen molar-refractivity contribution in [3.8, 4) is 0 Å². The minimum atomic E-state index is -0.275. The van der Waals surface area contributed by atoms with E-state index in [1.165, 1.54) is 0 Å². The molecule has 82 valence electrons. The van der Waals surface area contributed by atoms with Gasteiger partial charge >= 0.3 is 5.97 Å². The van der Waals surface area contributed by atoms with E-state index >= 15 is 0 Å². The van der Waals surface area contributed by atoms with Gasteiger partial charge in [-0.3, -0.25) is 0 Å². The Kier molecular flexibility index (Phi) is 2.26. The van der Waals surface area contributed by atoms with Crippen molar-refractivity contribution in [3.63, 3.8) is 0 Å². The summed E-state index contributed by atoms with van der Waals surface area (Å²) in [4.78, 5) is 11.6. The molecule has 2 aromatic rings. The number of hydrogen-bond donors (Lipinski definition) is 0. The highest BCUT2D eigenvalue weighted by Crippen LogP contribution is 2.30. The predicted molar refractivity (Wildman–Crippen MR) is 66.2 cm³/mol. The molecule has 0 radical (unpaired) electrons. The van der Waals surface area contributed by atoms with Crippen LogP contribution in [-0.2, 0) is 4.74 Å². The number of esters is 1. The third-order valence-corrected chi connectivity index (χ3v) is 2.71. The number of ether oxygens (including phenoxy) is 1. The van der Waals surface area contributed by atoms with Crippen LogP contribution in [0.4, 0.5) is 0 Å². The minimum Gasteiger partial charge on any atom is -0.422 e. The summed E-state index contributed by atoms with van der Waals surface area (Å²) in [6.07, 6.45) is 1.88. The van der Waals surface area contributed by atoms with Crippen LogP contribution >= 0.6 is 0 Å². The zero-order valence-corrected chi connectivity index (χ0v) is 9.09. The smallest absolute Gasteiger partial charge is 0.344 e. The molecule has 0 unspecified atom stereocenters. The molecule has 0 aromatic heterocycles. The van der Waals surface area contributed by atoms with Crippen LogP contribution in [0.5, 0.6) is 0 Å². The van der Waals surface area contributed by atoms with Crippen LogP contribution < -0.4 is 0 Å². The molecule has 0 spiro atoms. The average Bonchev–Trinajstić information content (AvgIpc) is 2.69. The number of benzene rings is 2. The summed E-state index contributed by atoms with van der Waals surface area (Å²) in [6, 6.07) is 17.2. The van der Waals surface area contributed by atoms with E-state index in [4.69, 9.17) is 4.74 Å². The van der Waals surface area contributed by atoms with Crippen molar-refractivity contribution in [2.45, 2.75) is 0 Å². The van der Waals surface area contributed by atoms with Gasteiger partial charge in [0.15, 0.2) is 0 Å². The molecule has 2 heteroatoms. The van der Waals surface area contributed by atoms with Crippen LogP contribution in [0.2, 0.25) is 0 Å². The lowest BCUT2D eigenvalue weighted by atomic mass is 10.1. The normalized spacial score (nSPS) is 15.8. The van der Waals surface area contributed by atoms with Gasteiger partial charge in [0.25, 0.3) is 0 Å². The van der Waals surface area contributed by atoms with E-state index in [1.807, 2.05) is 54.6 Å². The van der Waals surface area contributed by atoms with E-state index in [2.05, 4.69) is 0 Å². The van der Waals surface area contributed by atoms with Crippen molar-refractivity contribution >= 4 is 17.8 Å². The standard InChI is InChI=1S/C15H10O2/c16-15-13-9-5-4-8-12(13)14(17-15)10-11-6-2-1-3-7-11/h1-10H. The minimum absolute atomic E-state index is 0.275. The molecule has 0 saturated heterocycles. The number of carbonyl (C=O) groups excluding carboxylic acids is 1. The van der Waals surface area contributed by atoms with Crippen molar-refractivity contribution in [3.05, 3.63) is 71.3 Å². The summed E-state index contributed by atoms with van der Waals surface area (Å²) in [5, 5.41) is 0. The Bertz CT molecular complexity index is 597. The maximum absolute atomic E-state index is 11.6. The van der Waals surface area contributed by atoms with Gasteiger partial charge in [-0.05, 0) is 17.7 Å². The summed E-state index contributed by atoms with van der Waals surface area (Å²) in [5.74, 6) is 0.347. The molecule has 0 N–H and O–H groups in total. The first-order valence-corrected chi connectivity index (χ1v) is 5.43. The molecule has 1 aliphatic heterocycles. The summed E-state index contributed by atoms with van der Waals surface area (Å²) in [6.45, 7) is 0. The van der Waals surface area contributed by atoms with Gasteiger partial charge in [0, 0.05) is 5.56 Å². The number of fused-ring (bicyclic) bond motifs is 1. The maximum Gasteiger partial charge on any atom is 0.344 e. The monoisotopic (exact) mass is 222 g/mol. The van der Waals surface area contributed by atoms with Crippen LogP contribution in [-0.4, -0.2) is 5.97 Å². The van der Waals surface area contributed by atoms with E-state index in [-0.39, 0.29) is 5.97 Å². The quantitative estimate of drug-likeness (QED) is 0.691. The van der Waals surface area contributed by atoms with Crippen LogP contribution in [0.25, 0.3) is 11.8 Å². The zero-order chi connectivity index (χ0) is 11.7. The molecule has 0 fully saturated rings. The fourth-order valence-electron chi connectivity index (χ4n) is 1.89. The lowest BCUT2D eigenvalue weighted by molar-refractivity contribution is 0.0717. The van der Waals surface area contributed by atoms with Crippen LogP contribution in [0, 0.1) is 0 Å². The van der Waals surface area contributed by atoms with Crippen molar-refractivity contribution < 1.29 is 9.53 Å². The summed E-state index contributed by atoms with van der Waals surface area (Å²) >= 11 is 0. The Hall–Kier alpha value is -2.35. The van der Waals surface area contributed by atoms with Crippen LogP contribution in [0.1, 0.15) is 21.5 Å². The summed E-state index contributed by atoms with van der Waals surface area (Å²) < 4.78 is 5.26. The second-order valence-corrected chi connectivity index (χ2v) is 3.85. The van der Waals surface area contributed by atoms with E-state index in [1.54, 1.807) is 6.07 Å². The van der Waals surface area contributed by atoms with Gasteiger partial charge in [0.1, 0.15) is 5.76 Å². The van der Waals surface area contributed by atoms with Gasteiger partial charge in [0.2, 0.25) is 0 Å². The first kappa shape index (κ1) is 9.85. The largest absolute Gasteiger partial charge is 0.422 e. The fourth-order valence-corrected chi connectivity index (χ4v) is 1.89. The Balaban J connectivity index is 2.08. The first-order valence-electron chi connectivity index (χ1n) is 5.43. The maximum atomic E-state index is 11.6. The predicted octanol–water partition coefficient (Wildman–Crippen LogP) is 3.36. The zero-order valence-electron chi connectivity index (χ0n) is 9.09. The highest BCUT2D eigenvalue weighted by molar-refractivity contribution is 6.05. The number of cyclic esters (lactones) is 1.